The summed E-state index contributed by atoms with van der Waals surface area (Å²) in [6.45, 7) is 2.15. The van der Waals surface area contributed by atoms with Crippen molar-refractivity contribution in [1.29, 1.82) is 0 Å². The van der Waals surface area contributed by atoms with Gasteiger partial charge in [-0.2, -0.15) is 0 Å². The molecule has 1 aromatic carbocycles. The van der Waals surface area contributed by atoms with E-state index in [1.54, 1.807) is 4.90 Å². The molecule has 28 heavy (non-hydrogen) atoms. The van der Waals surface area contributed by atoms with Crippen molar-refractivity contribution in [2.24, 2.45) is 0 Å². The number of benzene rings is 1. The Morgan fingerprint density at radius 3 is 2.71 bits per heavy atom. The Bertz CT molecular complexity index is 838. The lowest BCUT2D eigenvalue weighted by atomic mass is 9.98. The molecule has 4 aliphatic rings. The van der Waals surface area contributed by atoms with Crippen molar-refractivity contribution in [2.75, 3.05) is 6.54 Å². The molecule has 1 aliphatic carbocycles. The highest BCUT2D eigenvalue weighted by molar-refractivity contribution is 6.05. The minimum atomic E-state index is -0.560. The van der Waals surface area contributed by atoms with Crippen LogP contribution in [-0.2, 0) is 22.7 Å². The van der Waals surface area contributed by atoms with E-state index in [2.05, 4.69) is 22.0 Å². The summed E-state index contributed by atoms with van der Waals surface area (Å²) in [5.41, 5.74) is 3.25. The molecule has 1 spiro atoms. The van der Waals surface area contributed by atoms with Crippen molar-refractivity contribution in [3.05, 3.63) is 34.9 Å². The van der Waals surface area contributed by atoms with Gasteiger partial charge in [-0.25, -0.2) is 0 Å². The molecule has 1 saturated carbocycles. The Hall–Kier alpha value is -2.25. The lowest BCUT2D eigenvalue weighted by molar-refractivity contribution is -0.136. The number of rotatable bonds is 4. The summed E-state index contributed by atoms with van der Waals surface area (Å²) in [6.07, 6.45) is 5.71. The van der Waals surface area contributed by atoms with Gasteiger partial charge in [0.05, 0.1) is 0 Å². The maximum atomic E-state index is 12.9. The number of amides is 3. The van der Waals surface area contributed by atoms with Crippen molar-refractivity contribution in [3.8, 4) is 0 Å². The topological polar surface area (TPSA) is 90.5 Å². The van der Waals surface area contributed by atoms with Crippen LogP contribution >= 0.6 is 0 Å². The second-order valence-electron chi connectivity index (χ2n) is 8.62. The molecule has 148 valence electrons. The molecule has 7 heteroatoms. The smallest absolute Gasteiger partial charge is 0.255 e. The number of nitrogens with zero attached hydrogens (tertiary/aromatic N) is 1. The van der Waals surface area contributed by atoms with E-state index < -0.39 is 6.04 Å². The quantitative estimate of drug-likeness (QED) is 0.671. The van der Waals surface area contributed by atoms with Crippen LogP contribution in [0.1, 0.15) is 60.0 Å². The average molecular weight is 382 g/mol. The first-order valence-electron chi connectivity index (χ1n) is 10.3. The van der Waals surface area contributed by atoms with E-state index in [0.717, 1.165) is 24.2 Å². The van der Waals surface area contributed by atoms with Gasteiger partial charge in [0, 0.05) is 43.2 Å². The van der Waals surface area contributed by atoms with E-state index >= 15 is 0 Å². The zero-order valence-electron chi connectivity index (χ0n) is 15.9. The van der Waals surface area contributed by atoms with Crippen molar-refractivity contribution in [3.63, 3.8) is 0 Å². The number of hydrogen-bond acceptors (Lipinski definition) is 5. The molecule has 2 atom stereocenters. The van der Waals surface area contributed by atoms with E-state index in [4.69, 9.17) is 0 Å². The summed E-state index contributed by atoms with van der Waals surface area (Å²) in [5.74, 6) is -0.731. The summed E-state index contributed by atoms with van der Waals surface area (Å²) in [6, 6.07) is 5.71. The molecular formula is C21H26N4O3. The van der Waals surface area contributed by atoms with Gasteiger partial charge in [0.1, 0.15) is 6.04 Å². The van der Waals surface area contributed by atoms with Gasteiger partial charge in [0.2, 0.25) is 11.8 Å². The predicted octanol–water partition coefficient (Wildman–Crippen LogP) is 0.822. The molecule has 3 fully saturated rings. The number of nitrogens with one attached hydrogen (secondary N) is 3. The van der Waals surface area contributed by atoms with Gasteiger partial charge in [-0.3, -0.25) is 19.7 Å². The SMILES string of the molecule is O=C1CCC(N2Cc3c(CNC4CCC5(CC5)NC4)cccc3C2=O)C(=O)N1. The molecule has 3 aliphatic heterocycles. The zero-order chi connectivity index (χ0) is 19.3. The third kappa shape index (κ3) is 3.12. The van der Waals surface area contributed by atoms with Crippen LogP contribution in [0, 0.1) is 0 Å². The van der Waals surface area contributed by atoms with Gasteiger partial charge in [-0.05, 0) is 49.3 Å². The first-order valence-corrected chi connectivity index (χ1v) is 10.3. The fourth-order valence-corrected chi connectivity index (χ4v) is 4.80. The molecule has 3 N–H and O–H groups in total. The third-order valence-corrected chi connectivity index (χ3v) is 6.81. The Labute approximate surface area is 164 Å². The second kappa shape index (κ2) is 6.67. The highest BCUT2D eigenvalue weighted by Gasteiger charge is 2.44. The molecule has 7 nitrogen and oxygen atoms in total. The molecular weight excluding hydrogens is 356 g/mol. The van der Waals surface area contributed by atoms with Crippen molar-refractivity contribution >= 4 is 17.7 Å². The van der Waals surface area contributed by atoms with E-state index in [1.807, 2.05) is 12.1 Å². The van der Waals surface area contributed by atoms with E-state index in [9.17, 15) is 14.4 Å². The summed E-state index contributed by atoms with van der Waals surface area (Å²) >= 11 is 0. The molecule has 3 amide bonds. The zero-order valence-corrected chi connectivity index (χ0v) is 15.9. The lowest BCUT2D eigenvalue weighted by Gasteiger charge is -2.31. The number of hydrogen-bond donors (Lipinski definition) is 3. The van der Waals surface area contributed by atoms with Gasteiger partial charge in [-0.15, -0.1) is 0 Å². The summed E-state index contributed by atoms with van der Waals surface area (Å²) < 4.78 is 0. The molecule has 2 saturated heterocycles. The predicted molar refractivity (Wildman–Crippen MR) is 102 cm³/mol. The summed E-state index contributed by atoms with van der Waals surface area (Å²) in [4.78, 5) is 38.1. The average Bonchev–Trinajstić information content (AvgIpc) is 3.36. The standard InChI is InChI=1S/C21H26N4O3/c26-18-5-4-17(19(27)24-18)25-12-16-13(2-1-3-15(16)20(25)28)10-22-14-6-7-21(8-9-21)23-11-14/h1-3,14,17,22-23H,4-12H2,(H,24,26,27). The second-order valence-corrected chi connectivity index (χ2v) is 8.62. The van der Waals surface area contributed by atoms with Crippen molar-refractivity contribution < 1.29 is 14.4 Å². The Kier molecular flexibility index (Phi) is 4.25. The molecule has 0 radical (unpaired) electrons. The molecule has 1 aromatic rings. The van der Waals surface area contributed by atoms with Gasteiger partial charge in [0.25, 0.3) is 5.91 Å². The minimum Gasteiger partial charge on any atom is -0.322 e. The number of imide groups is 1. The highest BCUT2D eigenvalue weighted by atomic mass is 16.2. The maximum absolute atomic E-state index is 12.9. The molecule has 0 aromatic heterocycles. The van der Waals surface area contributed by atoms with Gasteiger partial charge in [0.15, 0.2) is 0 Å². The molecule has 2 unspecified atom stereocenters. The van der Waals surface area contributed by atoms with Crippen molar-refractivity contribution in [1.82, 2.24) is 20.9 Å². The number of carbonyl (C=O) groups is 3. The lowest BCUT2D eigenvalue weighted by Crippen LogP contribution is -2.52. The molecule has 3 heterocycles. The van der Waals surface area contributed by atoms with Crippen LogP contribution in [0.2, 0.25) is 0 Å². The Morgan fingerprint density at radius 1 is 1.14 bits per heavy atom. The number of piperidine rings is 2. The number of carbonyl (C=O) groups excluding carboxylic acids is 3. The normalized spacial score (nSPS) is 28.4. The number of fused-ring (bicyclic) bond motifs is 1. The molecule has 5 rings (SSSR count). The van der Waals surface area contributed by atoms with Crippen LogP contribution in [0.3, 0.4) is 0 Å². The van der Waals surface area contributed by atoms with E-state index in [0.29, 0.717) is 30.1 Å². The minimum absolute atomic E-state index is 0.110. The Balaban J connectivity index is 1.27. The van der Waals surface area contributed by atoms with Gasteiger partial charge in [-0.1, -0.05) is 12.1 Å². The molecule has 0 bridgehead atoms. The summed E-state index contributed by atoms with van der Waals surface area (Å²) in [5, 5.41) is 9.67. The van der Waals surface area contributed by atoms with Gasteiger partial charge >= 0.3 is 0 Å². The largest absolute Gasteiger partial charge is 0.322 e. The van der Waals surface area contributed by atoms with Crippen LogP contribution in [0.25, 0.3) is 0 Å². The Morgan fingerprint density at radius 2 is 2.00 bits per heavy atom. The monoisotopic (exact) mass is 382 g/mol. The first kappa shape index (κ1) is 17.8. The van der Waals surface area contributed by atoms with Crippen LogP contribution < -0.4 is 16.0 Å². The van der Waals surface area contributed by atoms with Crippen LogP contribution in [0.15, 0.2) is 18.2 Å². The van der Waals surface area contributed by atoms with Crippen molar-refractivity contribution in [2.45, 2.75) is 69.2 Å². The fraction of sp³-hybridized carbons (Fsp3) is 0.571. The van der Waals surface area contributed by atoms with Crippen LogP contribution in [0.5, 0.6) is 0 Å². The van der Waals surface area contributed by atoms with E-state index in [1.165, 1.54) is 25.7 Å². The van der Waals surface area contributed by atoms with Gasteiger partial charge < -0.3 is 15.5 Å². The van der Waals surface area contributed by atoms with E-state index in [-0.39, 0.29) is 24.1 Å². The summed E-state index contributed by atoms with van der Waals surface area (Å²) in [7, 11) is 0. The fourth-order valence-electron chi connectivity index (χ4n) is 4.80. The van der Waals surface area contributed by atoms with Crippen LogP contribution in [-0.4, -0.2) is 46.8 Å². The van der Waals surface area contributed by atoms with Crippen LogP contribution in [0.4, 0.5) is 0 Å². The first-order chi connectivity index (χ1) is 13.5. The highest BCUT2D eigenvalue weighted by Crippen LogP contribution is 2.41. The third-order valence-electron chi connectivity index (χ3n) is 6.81. The maximum Gasteiger partial charge on any atom is 0.255 e.